The fourth-order valence-electron chi connectivity index (χ4n) is 5.64. The Hall–Kier alpha value is -2.33. The Labute approximate surface area is 340 Å². The summed E-state index contributed by atoms with van der Waals surface area (Å²) in [4.78, 5) is 34.4. The smallest absolute Gasteiger partial charge is 0.457 e. The number of esters is 2. The molecule has 0 aromatic heterocycles. The molecule has 56 heavy (non-hydrogen) atoms. The average Bonchev–Trinajstić information content (AvgIpc) is 3.19. The number of carbonyl (C=O) groups is 2. The highest BCUT2D eigenvalue weighted by atomic mass is 31.2. The van der Waals surface area contributed by atoms with Gasteiger partial charge >= 0.3 is 19.8 Å². The summed E-state index contributed by atoms with van der Waals surface area (Å²) >= 11 is 0. The average molecular weight is 811 g/mol. The van der Waals surface area contributed by atoms with Gasteiger partial charge in [-0.15, -0.1) is 0 Å². The highest BCUT2D eigenvalue weighted by Crippen LogP contribution is 2.43. The Morgan fingerprint density at radius 2 is 0.839 bits per heavy atom. The number of phosphoric acid groups is 1. The van der Waals surface area contributed by atoms with Crippen LogP contribution in [0.3, 0.4) is 0 Å². The standard InChI is InChI=1S/C45H79O10P/c1-3-5-7-9-11-13-15-16-17-18-19-20-21-22-23-24-25-26-27-29-31-33-35-37-45(49)55-43(39-47)41-53-56(50,51)52-40-42(38-46)54-44(48)36-34-32-30-28-14-12-10-8-6-4-2/h5,7-8,10-11,13,16-17,19-20,42-43,46-47H,3-4,6,9,12,14-15,18,21-41H2,1-2H3,(H,50,51)/b7-5-,10-8-,13-11-,17-16-,20-19-. The molecule has 0 radical (unpaired) electrons. The maximum absolute atomic E-state index is 12.3. The van der Waals surface area contributed by atoms with E-state index in [2.05, 4.69) is 74.6 Å². The lowest BCUT2D eigenvalue weighted by Gasteiger charge is -2.20. The number of hydrogen-bond donors (Lipinski definition) is 3. The van der Waals surface area contributed by atoms with Gasteiger partial charge in [0.05, 0.1) is 26.4 Å². The maximum atomic E-state index is 12.3. The fourth-order valence-corrected chi connectivity index (χ4v) is 6.42. The predicted molar refractivity (Wildman–Crippen MR) is 228 cm³/mol. The van der Waals surface area contributed by atoms with Crippen molar-refractivity contribution in [3.05, 3.63) is 60.8 Å². The first-order valence-electron chi connectivity index (χ1n) is 21.7. The van der Waals surface area contributed by atoms with E-state index in [0.717, 1.165) is 96.3 Å². The van der Waals surface area contributed by atoms with Crippen molar-refractivity contribution in [1.29, 1.82) is 0 Å². The van der Waals surface area contributed by atoms with E-state index in [1.807, 2.05) is 0 Å². The summed E-state index contributed by atoms with van der Waals surface area (Å²) in [6.45, 7) is 2.00. The van der Waals surface area contributed by atoms with Crippen LogP contribution in [0, 0.1) is 0 Å². The molecule has 0 saturated carbocycles. The zero-order valence-corrected chi connectivity index (χ0v) is 36.0. The molecule has 10 nitrogen and oxygen atoms in total. The Bertz CT molecular complexity index is 1120. The minimum Gasteiger partial charge on any atom is -0.457 e. The summed E-state index contributed by atoms with van der Waals surface area (Å²) in [6, 6.07) is 0. The zero-order chi connectivity index (χ0) is 41.2. The molecule has 0 rings (SSSR count). The molecular formula is C45H79O10P. The second-order valence-corrected chi connectivity index (χ2v) is 15.7. The third kappa shape index (κ3) is 38.5. The van der Waals surface area contributed by atoms with Gasteiger partial charge in [-0.25, -0.2) is 4.57 Å². The summed E-state index contributed by atoms with van der Waals surface area (Å²) in [5.74, 6) is -1.04. The van der Waals surface area contributed by atoms with Crippen LogP contribution in [0.4, 0.5) is 0 Å². The minimum absolute atomic E-state index is 0.179. The van der Waals surface area contributed by atoms with E-state index < -0.39 is 58.4 Å². The van der Waals surface area contributed by atoms with Gasteiger partial charge in [-0.3, -0.25) is 18.6 Å². The van der Waals surface area contributed by atoms with E-state index in [1.165, 1.54) is 38.5 Å². The normalized spacial score (nSPS) is 14.4. The number of allylic oxidation sites excluding steroid dienone is 10. The molecule has 0 aromatic rings. The second-order valence-electron chi connectivity index (χ2n) is 14.3. The van der Waals surface area contributed by atoms with Crippen LogP contribution in [-0.2, 0) is 32.7 Å². The first-order valence-corrected chi connectivity index (χ1v) is 23.2. The first-order chi connectivity index (χ1) is 27.3. The molecule has 3 atom stereocenters. The van der Waals surface area contributed by atoms with Gasteiger partial charge in [-0.1, -0.05) is 152 Å². The molecule has 324 valence electrons. The maximum Gasteiger partial charge on any atom is 0.472 e. The van der Waals surface area contributed by atoms with E-state index in [9.17, 15) is 29.3 Å². The van der Waals surface area contributed by atoms with Gasteiger partial charge in [0.1, 0.15) is 12.2 Å². The molecule has 0 heterocycles. The summed E-state index contributed by atoms with van der Waals surface area (Å²) < 4.78 is 32.5. The van der Waals surface area contributed by atoms with Gasteiger partial charge < -0.3 is 24.6 Å². The van der Waals surface area contributed by atoms with Crippen molar-refractivity contribution in [3.63, 3.8) is 0 Å². The molecule has 0 aromatic carbocycles. The van der Waals surface area contributed by atoms with Crippen molar-refractivity contribution in [2.45, 2.75) is 187 Å². The van der Waals surface area contributed by atoms with Crippen LogP contribution in [0.5, 0.6) is 0 Å². The summed E-state index contributed by atoms with van der Waals surface area (Å²) in [7, 11) is -4.64. The topological polar surface area (TPSA) is 149 Å². The Morgan fingerprint density at radius 3 is 1.23 bits per heavy atom. The van der Waals surface area contributed by atoms with E-state index in [1.54, 1.807) is 0 Å². The summed E-state index contributed by atoms with van der Waals surface area (Å²) in [5.41, 5.74) is 0. The molecule has 0 aliphatic rings. The van der Waals surface area contributed by atoms with Gasteiger partial charge in [0.15, 0.2) is 0 Å². The third-order valence-corrected chi connectivity index (χ3v) is 9.90. The van der Waals surface area contributed by atoms with Crippen LogP contribution in [0.1, 0.15) is 174 Å². The Balaban J connectivity index is 3.88. The van der Waals surface area contributed by atoms with Crippen molar-refractivity contribution >= 4 is 19.8 Å². The van der Waals surface area contributed by atoms with Crippen LogP contribution in [0.2, 0.25) is 0 Å². The molecule has 0 fully saturated rings. The Kier molecular flexibility index (Phi) is 39.2. The minimum atomic E-state index is -4.64. The number of unbranched alkanes of at least 4 members (excludes halogenated alkanes) is 16. The molecule has 3 unspecified atom stereocenters. The van der Waals surface area contributed by atoms with Gasteiger partial charge in [0.25, 0.3) is 0 Å². The van der Waals surface area contributed by atoms with Gasteiger partial charge in [-0.2, -0.15) is 0 Å². The van der Waals surface area contributed by atoms with E-state index in [4.69, 9.17) is 18.5 Å². The molecule has 0 spiro atoms. The van der Waals surface area contributed by atoms with Crippen molar-refractivity contribution in [2.24, 2.45) is 0 Å². The van der Waals surface area contributed by atoms with E-state index in [0.29, 0.717) is 12.8 Å². The van der Waals surface area contributed by atoms with Crippen LogP contribution < -0.4 is 0 Å². The number of hydrogen-bond acceptors (Lipinski definition) is 9. The first kappa shape index (κ1) is 53.7. The second kappa shape index (κ2) is 40.9. The molecule has 0 aliphatic heterocycles. The van der Waals surface area contributed by atoms with Crippen molar-refractivity contribution in [3.8, 4) is 0 Å². The van der Waals surface area contributed by atoms with Crippen LogP contribution >= 0.6 is 7.82 Å². The van der Waals surface area contributed by atoms with E-state index >= 15 is 0 Å². The predicted octanol–water partition coefficient (Wildman–Crippen LogP) is 11.5. The number of carbonyl (C=O) groups excluding carboxylic acids is 2. The lowest BCUT2D eigenvalue weighted by molar-refractivity contribution is -0.153. The van der Waals surface area contributed by atoms with Crippen LogP contribution in [0.15, 0.2) is 60.8 Å². The molecular weight excluding hydrogens is 731 g/mol. The lowest BCUT2D eigenvalue weighted by atomic mass is 10.0. The summed E-state index contributed by atoms with van der Waals surface area (Å²) in [6.07, 6.45) is 44.9. The molecule has 0 aliphatic carbocycles. The Morgan fingerprint density at radius 1 is 0.500 bits per heavy atom. The van der Waals surface area contributed by atoms with E-state index in [-0.39, 0.29) is 12.8 Å². The van der Waals surface area contributed by atoms with Gasteiger partial charge in [-0.05, 0) is 70.6 Å². The fraction of sp³-hybridized carbons (Fsp3) is 0.733. The highest BCUT2D eigenvalue weighted by Gasteiger charge is 2.27. The molecule has 11 heteroatoms. The largest absolute Gasteiger partial charge is 0.472 e. The summed E-state index contributed by atoms with van der Waals surface area (Å²) in [5, 5.41) is 19.1. The molecule has 0 saturated heterocycles. The number of rotatable bonds is 40. The number of phosphoric ester groups is 1. The molecule has 0 amide bonds. The lowest BCUT2D eigenvalue weighted by Crippen LogP contribution is -2.28. The van der Waals surface area contributed by atoms with Gasteiger partial charge in [0.2, 0.25) is 0 Å². The third-order valence-electron chi connectivity index (χ3n) is 8.94. The van der Waals surface area contributed by atoms with Crippen LogP contribution in [0.25, 0.3) is 0 Å². The van der Waals surface area contributed by atoms with Crippen molar-refractivity contribution in [1.82, 2.24) is 0 Å². The number of aliphatic hydroxyl groups excluding tert-OH is 2. The number of ether oxygens (including phenoxy) is 2. The zero-order valence-electron chi connectivity index (χ0n) is 35.1. The quantitative estimate of drug-likeness (QED) is 0.0236. The van der Waals surface area contributed by atoms with Crippen molar-refractivity contribution in [2.75, 3.05) is 26.4 Å². The SMILES string of the molecule is CC/C=C\C/C=C\C/C=C\C/C=C\CCCCCCCCCCCCC(=O)OC(CO)COP(=O)(O)OCC(CO)OC(=O)CCCCCCC/C=C\CCC. The molecule has 0 bridgehead atoms. The van der Waals surface area contributed by atoms with Crippen LogP contribution in [-0.4, -0.2) is 65.7 Å². The highest BCUT2D eigenvalue weighted by molar-refractivity contribution is 7.47. The number of aliphatic hydroxyl groups is 2. The van der Waals surface area contributed by atoms with Crippen molar-refractivity contribution < 1.29 is 47.8 Å². The molecule has 3 N–H and O–H groups in total. The van der Waals surface area contributed by atoms with Gasteiger partial charge in [0, 0.05) is 12.8 Å². The monoisotopic (exact) mass is 811 g/mol.